The maximum atomic E-state index is 12.5. The van der Waals surface area contributed by atoms with E-state index in [1.165, 1.54) is 27.1 Å². The lowest BCUT2D eigenvalue weighted by molar-refractivity contribution is -0.684. The molecule has 5 rings (SSSR count). The van der Waals surface area contributed by atoms with Crippen molar-refractivity contribution in [2.75, 3.05) is 0 Å². The van der Waals surface area contributed by atoms with Crippen molar-refractivity contribution in [2.45, 2.75) is 32.2 Å². The number of aromatic nitrogens is 2. The number of fused-ring (bicyclic) bond motifs is 2. The van der Waals surface area contributed by atoms with Crippen LogP contribution in [0.5, 0.6) is 0 Å². The first-order valence-electron chi connectivity index (χ1n) is 11.6. The molecule has 1 aromatic heterocycles. The predicted molar refractivity (Wildman–Crippen MR) is 133 cm³/mol. The van der Waals surface area contributed by atoms with Crippen LogP contribution >= 0.6 is 0 Å². The van der Waals surface area contributed by atoms with Gasteiger partial charge in [0.2, 0.25) is 12.3 Å². The SMILES string of the molecule is O=C(C[n+]1ccnc(CCCCc2c3ccccc3cc3ccccc23)c1)c1ccccc1. The van der Waals surface area contributed by atoms with Gasteiger partial charge in [0, 0.05) is 5.56 Å². The molecule has 3 nitrogen and oxygen atoms in total. The minimum absolute atomic E-state index is 0.112. The maximum absolute atomic E-state index is 12.5. The molecule has 0 N–H and O–H groups in total. The van der Waals surface area contributed by atoms with E-state index in [0.29, 0.717) is 6.54 Å². The van der Waals surface area contributed by atoms with E-state index in [2.05, 4.69) is 59.6 Å². The van der Waals surface area contributed by atoms with Gasteiger partial charge in [-0.2, -0.15) is 4.57 Å². The fourth-order valence-corrected chi connectivity index (χ4v) is 4.58. The maximum Gasteiger partial charge on any atom is 0.227 e. The normalized spacial score (nSPS) is 11.2. The molecule has 0 aliphatic rings. The van der Waals surface area contributed by atoms with Gasteiger partial charge >= 0.3 is 0 Å². The van der Waals surface area contributed by atoms with E-state index in [0.717, 1.165) is 36.9 Å². The fourth-order valence-electron chi connectivity index (χ4n) is 4.58. The molecule has 0 radical (unpaired) electrons. The van der Waals surface area contributed by atoms with Gasteiger partial charge in [-0.05, 0) is 58.9 Å². The van der Waals surface area contributed by atoms with Crippen LogP contribution in [-0.4, -0.2) is 10.8 Å². The Kier molecular flexibility index (Phi) is 6.21. The molecule has 0 fully saturated rings. The topological polar surface area (TPSA) is 33.8 Å². The number of carbonyl (C=O) groups is 1. The zero-order valence-electron chi connectivity index (χ0n) is 18.7. The predicted octanol–water partition coefficient (Wildman–Crippen LogP) is 6.12. The number of rotatable bonds is 8. The van der Waals surface area contributed by atoms with E-state index in [1.807, 2.05) is 47.3 Å². The average Bonchev–Trinajstić information content (AvgIpc) is 2.86. The highest BCUT2D eigenvalue weighted by Crippen LogP contribution is 2.29. The Balaban J connectivity index is 1.25. The molecule has 0 saturated carbocycles. The molecule has 0 unspecified atom stereocenters. The largest absolute Gasteiger partial charge is 0.287 e. The molecule has 0 spiro atoms. The number of Topliss-reactive ketones (excluding diaryl/α,β-unsaturated/α-hetero) is 1. The molecule has 162 valence electrons. The molecular formula is C30H27N2O+. The minimum Gasteiger partial charge on any atom is -0.287 e. The molecule has 0 atom stereocenters. The van der Waals surface area contributed by atoms with Crippen LogP contribution in [0.25, 0.3) is 21.5 Å². The van der Waals surface area contributed by atoms with Crippen LogP contribution in [0.4, 0.5) is 0 Å². The Bertz CT molecular complexity index is 1360. The highest BCUT2D eigenvalue weighted by molar-refractivity contribution is 6.02. The van der Waals surface area contributed by atoms with Crippen LogP contribution in [0.3, 0.4) is 0 Å². The second-order valence-corrected chi connectivity index (χ2v) is 8.51. The van der Waals surface area contributed by atoms with E-state index >= 15 is 0 Å². The number of ketones is 1. The van der Waals surface area contributed by atoms with E-state index < -0.39 is 0 Å². The summed E-state index contributed by atoms with van der Waals surface area (Å²) < 4.78 is 1.94. The Morgan fingerprint density at radius 1 is 0.758 bits per heavy atom. The van der Waals surface area contributed by atoms with Crippen molar-refractivity contribution in [3.63, 3.8) is 0 Å². The first-order chi connectivity index (χ1) is 16.3. The number of hydrogen-bond acceptors (Lipinski definition) is 2. The van der Waals surface area contributed by atoms with Crippen molar-refractivity contribution < 1.29 is 9.36 Å². The van der Waals surface area contributed by atoms with Gasteiger partial charge in [-0.25, -0.2) is 4.98 Å². The van der Waals surface area contributed by atoms with Gasteiger partial charge in [0.15, 0.2) is 12.4 Å². The number of carbonyl (C=O) groups excluding carboxylic acids is 1. The first kappa shape index (κ1) is 21.0. The standard InChI is InChI=1S/C30H27N2O/c33-30(23-10-2-1-3-11-23)22-32-19-18-31-26(21-32)14-6-9-17-29-27-15-7-4-12-24(27)20-25-13-5-8-16-28(25)29/h1-5,7-8,10-13,15-16,18-21H,6,9,14,17,22H2/q+1. The molecular weight excluding hydrogens is 404 g/mol. The fraction of sp³-hybridized carbons (Fsp3) is 0.167. The molecule has 1 heterocycles. The lowest BCUT2D eigenvalue weighted by Gasteiger charge is -2.11. The minimum atomic E-state index is 0.112. The van der Waals surface area contributed by atoms with Crippen LogP contribution in [0.1, 0.15) is 34.5 Å². The smallest absolute Gasteiger partial charge is 0.227 e. The Hall–Kier alpha value is -3.85. The number of unbranched alkanes of at least 4 members (excludes halogenated alkanes) is 1. The quantitative estimate of drug-likeness (QED) is 0.128. The van der Waals surface area contributed by atoms with Crippen molar-refractivity contribution in [3.8, 4) is 0 Å². The number of benzene rings is 4. The van der Waals surface area contributed by atoms with Crippen LogP contribution in [-0.2, 0) is 19.4 Å². The van der Waals surface area contributed by atoms with Crippen molar-refractivity contribution in [1.82, 2.24) is 4.98 Å². The van der Waals surface area contributed by atoms with Crippen LogP contribution in [0, 0.1) is 0 Å². The third kappa shape index (κ3) is 4.83. The third-order valence-corrected chi connectivity index (χ3v) is 6.23. The molecule has 33 heavy (non-hydrogen) atoms. The van der Waals surface area contributed by atoms with Gasteiger partial charge < -0.3 is 0 Å². The van der Waals surface area contributed by atoms with Gasteiger partial charge in [-0.15, -0.1) is 0 Å². The van der Waals surface area contributed by atoms with Crippen LogP contribution < -0.4 is 4.57 Å². The zero-order chi connectivity index (χ0) is 22.5. The summed E-state index contributed by atoms with van der Waals surface area (Å²) in [6, 6.07) is 29.1. The summed E-state index contributed by atoms with van der Waals surface area (Å²) in [5, 5.41) is 5.32. The summed E-state index contributed by atoms with van der Waals surface area (Å²) in [4.78, 5) is 17.0. The summed E-state index contributed by atoms with van der Waals surface area (Å²) >= 11 is 0. The van der Waals surface area contributed by atoms with E-state index in [4.69, 9.17) is 0 Å². The van der Waals surface area contributed by atoms with Gasteiger partial charge in [0.25, 0.3) is 0 Å². The Morgan fingerprint density at radius 2 is 1.39 bits per heavy atom. The van der Waals surface area contributed by atoms with Gasteiger partial charge in [-0.3, -0.25) is 4.79 Å². The van der Waals surface area contributed by atoms with Gasteiger partial charge in [0.05, 0.1) is 6.20 Å². The molecule has 0 aliphatic carbocycles. The van der Waals surface area contributed by atoms with E-state index in [1.54, 1.807) is 6.20 Å². The van der Waals surface area contributed by atoms with Gasteiger partial charge in [0.1, 0.15) is 5.69 Å². The molecule has 3 heteroatoms. The number of aryl methyl sites for hydroxylation is 2. The first-order valence-corrected chi connectivity index (χ1v) is 11.6. The third-order valence-electron chi connectivity index (χ3n) is 6.23. The summed E-state index contributed by atoms with van der Waals surface area (Å²) in [7, 11) is 0. The lowest BCUT2D eigenvalue weighted by atomic mass is 9.93. The zero-order valence-corrected chi connectivity index (χ0v) is 18.7. The molecule has 0 aliphatic heterocycles. The van der Waals surface area contributed by atoms with Crippen molar-refractivity contribution in [3.05, 3.63) is 120 Å². The summed E-state index contributed by atoms with van der Waals surface area (Å²) in [6.45, 7) is 0.335. The molecule has 0 amide bonds. The van der Waals surface area contributed by atoms with Crippen molar-refractivity contribution in [2.24, 2.45) is 0 Å². The monoisotopic (exact) mass is 431 g/mol. The molecule has 0 bridgehead atoms. The lowest BCUT2D eigenvalue weighted by Crippen LogP contribution is -2.38. The van der Waals surface area contributed by atoms with Crippen molar-refractivity contribution in [1.29, 1.82) is 0 Å². The molecule has 0 saturated heterocycles. The van der Waals surface area contributed by atoms with E-state index in [9.17, 15) is 4.79 Å². The summed E-state index contributed by atoms with van der Waals surface area (Å²) in [6.07, 6.45) is 9.77. The van der Waals surface area contributed by atoms with Crippen molar-refractivity contribution >= 4 is 27.3 Å². The highest BCUT2D eigenvalue weighted by atomic mass is 16.1. The summed E-state index contributed by atoms with van der Waals surface area (Å²) in [5.74, 6) is 0.112. The second-order valence-electron chi connectivity index (χ2n) is 8.51. The molecule has 5 aromatic rings. The Morgan fingerprint density at radius 3 is 2.12 bits per heavy atom. The highest BCUT2D eigenvalue weighted by Gasteiger charge is 2.13. The number of nitrogens with zero attached hydrogens (tertiary/aromatic N) is 2. The van der Waals surface area contributed by atoms with E-state index in [-0.39, 0.29) is 5.78 Å². The summed E-state index contributed by atoms with van der Waals surface area (Å²) in [5.41, 5.74) is 3.21. The van der Waals surface area contributed by atoms with Crippen LogP contribution in [0.15, 0.2) is 104 Å². The number of hydrogen-bond donors (Lipinski definition) is 0. The molecule has 4 aromatic carbocycles. The van der Waals surface area contributed by atoms with Crippen LogP contribution in [0.2, 0.25) is 0 Å². The second kappa shape index (κ2) is 9.74. The van der Waals surface area contributed by atoms with Gasteiger partial charge in [-0.1, -0.05) is 78.9 Å². The Labute approximate surface area is 194 Å². The average molecular weight is 432 g/mol.